The Morgan fingerprint density at radius 2 is 1.76 bits per heavy atom. The van der Waals surface area contributed by atoms with Gasteiger partial charge in [-0.3, -0.25) is 4.57 Å². The predicted octanol–water partition coefficient (Wildman–Crippen LogP) is 4.23. The highest BCUT2D eigenvalue weighted by Gasteiger charge is 2.33. The fraction of sp³-hybridized carbons (Fsp3) is 0.421. The zero-order valence-electron chi connectivity index (χ0n) is 16.8. The smallest absolute Gasteiger partial charge is 0.365 e. The van der Waals surface area contributed by atoms with Crippen molar-refractivity contribution in [3.63, 3.8) is 0 Å². The molecular formula is C19H24ClN4O4P. The van der Waals surface area contributed by atoms with Gasteiger partial charge in [0.1, 0.15) is 29.5 Å². The summed E-state index contributed by atoms with van der Waals surface area (Å²) < 4.78 is 32.7. The van der Waals surface area contributed by atoms with Crippen LogP contribution in [0.25, 0.3) is 11.2 Å². The van der Waals surface area contributed by atoms with Crippen molar-refractivity contribution in [3.05, 3.63) is 42.1 Å². The molecule has 0 N–H and O–H groups in total. The van der Waals surface area contributed by atoms with Crippen molar-refractivity contribution >= 4 is 35.7 Å². The Balaban J connectivity index is 1.79. The van der Waals surface area contributed by atoms with E-state index in [0.29, 0.717) is 40.5 Å². The van der Waals surface area contributed by atoms with E-state index in [1.807, 2.05) is 38.3 Å². The number of halogens is 1. The number of hydrogen-bond acceptors (Lipinski definition) is 7. The maximum absolute atomic E-state index is 13.5. The average Bonchev–Trinajstić information content (AvgIpc) is 3.05. The van der Waals surface area contributed by atoms with Crippen LogP contribution in [0, 0.1) is 0 Å². The van der Waals surface area contributed by atoms with E-state index in [9.17, 15) is 4.57 Å². The molecular weight excluding hydrogens is 415 g/mol. The van der Waals surface area contributed by atoms with Gasteiger partial charge in [0.2, 0.25) is 0 Å². The van der Waals surface area contributed by atoms with Gasteiger partial charge in [-0.05, 0) is 39.8 Å². The summed E-state index contributed by atoms with van der Waals surface area (Å²) in [7, 11) is -3.55. The number of imidazole rings is 1. The first kappa shape index (κ1) is 21.7. The van der Waals surface area contributed by atoms with Gasteiger partial charge in [0.15, 0.2) is 10.8 Å². The van der Waals surface area contributed by atoms with Gasteiger partial charge in [0, 0.05) is 0 Å². The number of benzene rings is 1. The number of ether oxygens (including phenoxy) is 1. The van der Waals surface area contributed by atoms with E-state index >= 15 is 0 Å². The fourth-order valence-corrected chi connectivity index (χ4v) is 5.01. The van der Waals surface area contributed by atoms with Crippen molar-refractivity contribution in [3.8, 4) is 5.75 Å². The zero-order valence-corrected chi connectivity index (χ0v) is 18.4. The number of aromatic nitrogens is 4. The highest BCUT2D eigenvalue weighted by molar-refractivity contribution is 7.62. The first-order chi connectivity index (χ1) is 13.8. The molecule has 3 rings (SSSR count). The van der Waals surface area contributed by atoms with E-state index in [0.717, 1.165) is 0 Å². The van der Waals surface area contributed by atoms with Gasteiger partial charge in [-0.1, -0.05) is 23.7 Å². The lowest BCUT2D eigenvalue weighted by atomic mass is 10.3. The second kappa shape index (κ2) is 9.22. The molecule has 1 aromatic carbocycles. The average molecular weight is 439 g/mol. The topological polar surface area (TPSA) is 88.4 Å². The maximum atomic E-state index is 13.5. The standard InChI is InChI=1S/C19H24ClN4O4P/c1-13(2)27-29(25,28-14(3)4)16-8-6-5-7-15(16)26-10-9-24-12-23-17-18(20)21-11-22-19(17)24/h5-8,11-14H,9-10H2,1-4H3. The molecule has 0 spiro atoms. The van der Waals surface area contributed by atoms with Gasteiger partial charge < -0.3 is 18.4 Å². The van der Waals surface area contributed by atoms with E-state index < -0.39 is 7.60 Å². The van der Waals surface area contributed by atoms with Crippen molar-refractivity contribution in [2.24, 2.45) is 0 Å². The highest BCUT2D eigenvalue weighted by atomic mass is 35.5. The summed E-state index contributed by atoms with van der Waals surface area (Å²) >= 11 is 6.04. The summed E-state index contributed by atoms with van der Waals surface area (Å²) in [5.74, 6) is 0.453. The lowest BCUT2D eigenvalue weighted by Gasteiger charge is -2.24. The molecule has 0 radical (unpaired) electrons. The summed E-state index contributed by atoms with van der Waals surface area (Å²) in [4.78, 5) is 12.4. The summed E-state index contributed by atoms with van der Waals surface area (Å²) in [6, 6.07) is 7.05. The molecule has 0 saturated carbocycles. The van der Waals surface area contributed by atoms with Crippen LogP contribution in [0.1, 0.15) is 27.7 Å². The summed E-state index contributed by atoms with van der Waals surface area (Å²) in [5, 5.41) is 0.709. The Morgan fingerprint density at radius 1 is 1.07 bits per heavy atom. The van der Waals surface area contributed by atoms with Gasteiger partial charge >= 0.3 is 7.60 Å². The minimum Gasteiger partial charge on any atom is -0.491 e. The molecule has 2 aromatic heterocycles. The van der Waals surface area contributed by atoms with E-state index in [-0.39, 0.29) is 12.2 Å². The Labute approximate surface area is 174 Å². The van der Waals surface area contributed by atoms with Crippen LogP contribution >= 0.6 is 19.2 Å². The molecule has 0 bridgehead atoms. The summed E-state index contributed by atoms with van der Waals surface area (Å²) in [5.41, 5.74) is 1.16. The van der Waals surface area contributed by atoms with E-state index in [1.165, 1.54) is 6.33 Å². The Kier molecular flexibility index (Phi) is 6.90. The van der Waals surface area contributed by atoms with Crippen LogP contribution in [0.2, 0.25) is 5.15 Å². The Hall–Kier alpha value is -1.99. The van der Waals surface area contributed by atoms with Crippen LogP contribution in [-0.4, -0.2) is 38.3 Å². The first-order valence-corrected chi connectivity index (χ1v) is 11.2. The molecule has 0 aliphatic heterocycles. The summed E-state index contributed by atoms with van der Waals surface area (Å²) in [6.45, 7) is 8.04. The fourth-order valence-electron chi connectivity index (χ4n) is 2.77. The van der Waals surface area contributed by atoms with Crippen LogP contribution in [-0.2, 0) is 20.2 Å². The molecule has 0 saturated heterocycles. The van der Waals surface area contributed by atoms with Crippen LogP contribution in [0.4, 0.5) is 0 Å². The third-order valence-corrected chi connectivity index (χ3v) is 6.44. The second-order valence-electron chi connectivity index (χ2n) is 6.90. The van der Waals surface area contributed by atoms with Gasteiger partial charge in [-0.25, -0.2) is 15.0 Å². The monoisotopic (exact) mass is 438 g/mol. The molecule has 0 amide bonds. The molecule has 10 heteroatoms. The molecule has 156 valence electrons. The molecule has 0 atom stereocenters. The van der Waals surface area contributed by atoms with Crippen molar-refractivity contribution in [2.75, 3.05) is 6.61 Å². The Morgan fingerprint density at radius 3 is 2.45 bits per heavy atom. The number of hydrogen-bond donors (Lipinski definition) is 0. The van der Waals surface area contributed by atoms with Crippen LogP contribution in [0.5, 0.6) is 5.75 Å². The number of rotatable bonds is 9. The van der Waals surface area contributed by atoms with Crippen molar-refractivity contribution < 1.29 is 18.3 Å². The summed E-state index contributed by atoms with van der Waals surface area (Å²) in [6.07, 6.45) is 2.49. The highest BCUT2D eigenvalue weighted by Crippen LogP contribution is 2.51. The van der Waals surface area contributed by atoms with Crippen LogP contribution in [0.3, 0.4) is 0 Å². The molecule has 0 unspecified atom stereocenters. The van der Waals surface area contributed by atoms with Gasteiger partial charge in [-0.15, -0.1) is 0 Å². The largest absolute Gasteiger partial charge is 0.491 e. The van der Waals surface area contributed by atoms with Crippen molar-refractivity contribution in [1.29, 1.82) is 0 Å². The van der Waals surface area contributed by atoms with Crippen LogP contribution < -0.4 is 10.0 Å². The minimum atomic E-state index is -3.55. The lowest BCUT2D eigenvalue weighted by molar-refractivity contribution is 0.149. The second-order valence-corrected chi connectivity index (χ2v) is 9.15. The van der Waals surface area contributed by atoms with Gasteiger partial charge in [0.25, 0.3) is 0 Å². The van der Waals surface area contributed by atoms with Gasteiger partial charge in [-0.2, -0.15) is 0 Å². The van der Waals surface area contributed by atoms with Crippen molar-refractivity contribution in [2.45, 2.75) is 46.4 Å². The number of fused-ring (bicyclic) bond motifs is 1. The quantitative estimate of drug-likeness (QED) is 0.365. The minimum absolute atomic E-state index is 0.269. The molecule has 8 nitrogen and oxygen atoms in total. The van der Waals surface area contributed by atoms with Crippen LogP contribution in [0.15, 0.2) is 36.9 Å². The third kappa shape index (κ3) is 5.14. The number of para-hydroxylation sites is 1. The first-order valence-electron chi connectivity index (χ1n) is 9.30. The van der Waals surface area contributed by atoms with Gasteiger partial charge in [0.05, 0.1) is 25.1 Å². The predicted molar refractivity (Wildman–Crippen MR) is 112 cm³/mol. The number of nitrogens with zero attached hydrogens (tertiary/aromatic N) is 4. The molecule has 3 aromatic rings. The van der Waals surface area contributed by atoms with Crippen molar-refractivity contribution in [1.82, 2.24) is 19.5 Å². The molecule has 2 heterocycles. The molecule has 29 heavy (non-hydrogen) atoms. The Bertz CT molecular complexity index is 1010. The lowest BCUT2D eigenvalue weighted by Crippen LogP contribution is -2.20. The third-order valence-electron chi connectivity index (χ3n) is 3.81. The SMILES string of the molecule is CC(C)OP(=O)(OC(C)C)c1ccccc1OCCn1cnc2c(Cl)ncnc21. The van der Waals surface area contributed by atoms with E-state index in [4.69, 9.17) is 25.4 Å². The zero-order chi connectivity index (χ0) is 21.0. The normalized spacial score (nSPS) is 12.2. The molecule has 0 aliphatic carbocycles. The maximum Gasteiger partial charge on any atom is 0.365 e. The van der Waals surface area contributed by atoms with E-state index in [1.54, 1.807) is 24.5 Å². The molecule has 0 fully saturated rings. The molecule has 0 aliphatic rings. The van der Waals surface area contributed by atoms with E-state index in [2.05, 4.69) is 15.0 Å².